The van der Waals surface area contributed by atoms with Gasteiger partial charge in [0.2, 0.25) is 0 Å². The highest BCUT2D eigenvalue weighted by Gasteiger charge is 2.34. The zero-order valence-electron chi connectivity index (χ0n) is 11.8. The molecule has 0 saturated carbocycles. The molecule has 0 aromatic rings. The van der Waals surface area contributed by atoms with Gasteiger partial charge in [0.25, 0.3) is 0 Å². The number of alkyl carbamates (subject to hydrolysis) is 1. The van der Waals surface area contributed by atoms with Crippen LogP contribution in [0.1, 0.15) is 41.0 Å². The fraction of sp³-hybridized carbons (Fsp3) is 0.833. The third kappa shape index (κ3) is 5.86. The van der Waals surface area contributed by atoms with Gasteiger partial charge in [0, 0.05) is 6.54 Å². The van der Waals surface area contributed by atoms with Crippen molar-refractivity contribution in [3.05, 3.63) is 0 Å². The maximum Gasteiger partial charge on any atom is 0.407 e. The third-order valence-electron chi connectivity index (χ3n) is 2.26. The Hall–Kier alpha value is -1.30. The average molecular weight is 260 g/mol. The molecule has 0 aliphatic carbocycles. The number of ether oxygens (including phenoxy) is 2. The van der Waals surface area contributed by atoms with Crippen LogP contribution in [0.15, 0.2) is 0 Å². The largest absolute Gasteiger partial charge is 0.465 e. The molecule has 0 radical (unpaired) electrons. The van der Waals surface area contributed by atoms with Crippen molar-refractivity contribution < 1.29 is 19.1 Å². The van der Waals surface area contributed by atoms with Gasteiger partial charge in [0.1, 0.15) is 11.1 Å². The van der Waals surface area contributed by atoms with Crippen molar-refractivity contribution in [2.45, 2.75) is 52.2 Å². The lowest BCUT2D eigenvalue weighted by atomic mass is 9.98. The van der Waals surface area contributed by atoms with E-state index in [-0.39, 0.29) is 13.2 Å². The van der Waals surface area contributed by atoms with Crippen LogP contribution in [0, 0.1) is 0 Å². The first-order chi connectivity index (χ1) is 8.14. The molecule has 0 aromatic carbocycles. The standard InChI is InChI=1S/C12H24N2O4/c1-6-12(13,9(15)17-7-2)8-14-10(16)18-11(3,4)5/h6-8,13H2,1-5H3,(H,14,16). The van der Waals surface area contributed by atoms with E-state index in [1.165, 1.54) is 0 Å². The Labute approximate surface area is 108 Å². The molecule has 6 nitrogen and oxygen atoms in total. The van der Waals surface area contributed by atoms with Crippen molar-refractivity contribution in [2.75, 3.05) is 13.2 Å². The molecule has 1 atom stereocenters. The molecule has 1 amide bonds. The fourth-order valence-electron chi connectivity index (χ4n) is 1.16. The van der Waals surface area contributed by atoms with Crippen LogP contribution in [0.4, 0.5) is 4.79 Å². The van der Waals surface area contributed by atoms with Gasteiger partial charge in [0.15, 0.2) is 0 Å². The number of nitrogens with two attached hydrogens (primary N) is 1. The van der Waals surface area contributed by atoms with Crippen molar-refractivity contribution >= 4 is 12.1 Å². The molecule has 0 aromatic heterocycles. The summed E-state index contributed by atoms with van der Waals surface area (Å²) in [6.45, 7) is 8.97. The van der Waals surface area contributed by atoms with Gasteiger partial charge in [-0.05, 0) is 34.1 Å². The predicted molar refractivity (Wildman–Crippen MR) is 68.1 cm³/mol. The van der Waals surface area contributed by atoms with Crippen LogP contribution in [-0.2, 0) is 14.3 Å². The van der Waals surface area contributed by atoms with Gasteiger partial charge < -0.3 is 20.5 Å². The molecule has 0 rings (SSSR count). The number of rotatable bonds is 5. The minimum atomic E-state index is -1.22. The lowest BCUT2D eigenvalue weighted by Gasteiger charge is -2.27. The lowest BCUT2D eigenvalue weighted by molar-refractivity contribution is -0.149. The Kier molecular flexibility index (Phi) is 6.11. The van der Waals surface area contributed by atoms with Gasteiger partial charge >= 0.3 is 12.1 Å². The molecule has 0 fully saturated rings. The van der Waals surface area contributed by atoms with Crippen LogP contribution in [0.3, 0.4) is 0 Å². The van der Waals surface area contributed by atoms with Crippen LogP contribution in [0.5, 0.6) is 0 Å². The summed E-state index contributed by atoms with van der Waals surface area (Å²) in [6.07, 6.45) is -0.239. The average Bonchev–Trinajstić information content (AvgIpc) is 2.24. The summed E-state index contributed by atoms with van der Waals surface area (Å²) in [5.41, 5.74) is 4.09. The Morgan fingerprint density at radius 1 is 1.22 bits per heavy atom. The summed E-state index contributed by atoms with van der Waals surface area (Å²) in [7, 11) is 0. The first-order valence-corrected chi connectivity index (χ1v) is 6.07. The van der Waals surface area contributed by atoms with Gasteiger partial charge in [-0.15, -0.1) is 0 Å². The van der Waals surface area contributed by atoms with Crippen molar-refractivity contribution in [1.82, 2.24) is 5.32 Å². The second-order valence-corrected chi connectivity index (χ2v) is 5.09. The van der Waals surface area contributed by atoms with Crippen LogP contribution < -0.4 is 11.1 Å². The van der Waals surface area contributed by atoms with Crippen LogP contribution >= 0.6 is 0 Å². The van der Waals surface area contributed by atoms with E-state index >= 15 is 0 Å². The van der Waals surface area contributed by atoms with Crippen molar-refractivity contribution in [1.29, 1.82) is 0 Å². The Balaban J connectivity index is 4.38. The van der Waals surface area contributed by atoms with E-state index < -0.39 is 23.2 Å². The minimum Gasteiger partial charge on any atom is -0.465 e. The van der Waals surface area contributed by atoms with Crippen molar-refractivity contribution in [2.24, 2.45) is 5.73 Å². The van der Waals surface area contributed by atoms with Crippen LogP contribution in [0.25, 0.3) is 0 Å². The lowest BCUT2D eigenvalue weighted by Crippen LogP contribution is -2.56. The highest BCUT2D eigenvalue weighted by Crippen LogP contribution is 2.10. The maximum absolute atomic E-state index is 11.7. The third-order valence-corrected chi connectivity index (χ3v) is 2.26. The number of carbonyl (C=O) groups is 2. The van der Waals surface area contributed by atoms with Gasteiger partial charge in [0.05, 0.1) is 6.61 Å². The molecule has 18 heavy (non-hydrogen) atoms. The molecule has 3 N–H and O–H groups in total. The number of carbonyl (C=O) groups excluding carboxylic acids is 2. The highest BCUT2D eigenvalue weighted by molar-refractivity contribution is 5.81. The molecule has 0 bridgehead atoms. The van der Waals surface area contributed by atoms with Crippen LogP contribution in [0.2, 0.25) is 0 Å². The number of esters is 1. The smallest absolute Gasteiger partial charge is 0.407 e. The molecule has 0 saturated heterocycles. The van der Waals surface area contributed by atoms with E-state index in [1.807, 2.05) is 0 Å². The zero-order chi connectivity index (χ0) is 14.4. The fourth-order valence-corrected chi connectivity index (χ4v) is 1.16. The van der Waals surface area contributed by atoms with Gasteiger partial charge in [-0.2, -0.15) is 0 Å². The van der Waals surface area contributed by atoms with Crippen molar-refractivity contribution in [3.8, 4) is 0 Å². The quantitative estimate of drug-likeness (QED) is 0.724. The molecular formula is C12H24N2O4. The molecule has 106 valence electrons. The van der Waals surface area contributed by atoms with Crippen LogP contribution in [-0.4, -0.2) is 36.4 Å². The summed E-state index contributed by atoms with van der Waals surface area (Å²) < 4.78 is 9.93. The van der Waals surface area contributed by atoms with E-state index in [0.29, 0.717) is 6.42 Å². The van der Waals surface area contributed by atoms with Gasteiger partial charge in [-0.1, -0.05) is 6.92 Å². The van der Waals surface area contributed by atoms with Gasteiger partial charge in [-0.25, -0.2) is 9.59 Å². The molecule has 0 aliphatic rings. The van der Waals surface area contributed by atoms with E-state index in [1.54, 1.807) is 34.6 Å². The first-order valence-electron chi connectivity index (χ1n) is 6.07. The predicted octanol–water partition coefficient (Wildman–Crippen LogP) is 1.18. The molecule has 0 heterocycles. The maximum atomic E-state index is 11.7. The highest BCUT2D eigenvalue weighted by atomic mass is 16.6. The number of nitrogens with one attached hydrogen (secondary N) is 1. The monoisotopic (exact) mass is 260 g/mol. The number of amides is 1. The Bertz CT molecular complexity index is 299. The molecule has 0 aliphatic heterocycles. The van der Waals surface area contributed by atoms with E-state index in [0.717, 1.165) is 0 Å². The summed E-state index contributed by atoms with van der Waals surface area (Å²) in [5, 5.41) is 2.48. The SMILES string of the molecule is CCOC(=O)C(N)(CC)CNC(=O)OC(C)(C)C. The number of hydrogen-bond acceptors (Lipinski definition) is 5. The molecule has 0 spiro atoms. The van der Waals surface area contributed by atoms with Gasteiger partial charge in [-0.3, -0.25) is 0 Å². The summed E-state index contributed by atoms with van der Waals surface area (Å²) in [4.78, 5) is 23.1. The second kappa shape index (κ2) is 6.58. The van der Waals surface area contributed by atoms with E-state index in [4.69, 9.17) is 15.2 Å². The number of hydrogen-bond donors (Lipinski definition) is 2. The van der Waals surface area contributed by atoms with E-state index in [9.17, 15) is 9.59 Å². The van der Waals surface area contributed by atoms with E-state index in [2.05, 4.69) is 5.32 Å². The van der Waals surface area contributed by atoms with Crippen molar-refractivity contribution in [3.63, 3.8) is 0 Å². The summed E-state index contributed by atoms with van der Waals surface area (Å²) in [6, 6.07) is 0. The minimum absolute atomic E-state index is 0.0166. The molecule has 6 heteroatoms. The zero-order valence-corrected chi connectivity index (χ0v) is 11.8. The molecular weight excluding hydrogens is 236 g/mol. The normalized spacial score (nSPS) is 14.6. The Morgan fingerprint density at radius 3 is 2.17 bits per heavy atom. The first kappa shape index (κ1) is 16.7. The molecule has 1 unspecified atom stereocenters. The summed E-state index contributed by atoms with van der Waals surface area (Å²) in [5.74, 6) is -0.524. The second-order valence-electron chi connectivity index (χ2n) is 5.09. The topological polar surface area (TPSA) is 90.6 Å². The summed E-state index contributed by atoms with van der Waals surface area (Å²) >= 11 is 0. The Morgan fingerprint density at radius 2 is 1.78 bits per heavy atom.